The summed E-state index contributed by atoms with van der Waals surface area (Å²) in [5, 5.41) is 0. The maximum atomic E-state index is 3.29. The Morgan fingerprint density at radius 2 is 1.30 bits per heavy atom. The average Bonchev–Trinajstić information content (AvgIpc) is 2.78. The van der Waals surface area contributed by atoms with Crippen LogP contribution in [-0.4, -0.2) is 0 Å². The van der Waals surface area contributed by atoms with Crippen molar-refractivity contribution in [3.05, 3.63) is 47.5 Å². The number of rotatable bonds is 8. The molecule has 0 aliphatic heterocycles. The summed E-state index contributed by atoms with van der Waals surface area (Å²) < 4.78 is 0. The molecule has 30 heavy (non-hydrogen) atoms. The third kappa shape index (κ3) is 7.98. The molecule has 0 nitrogen and oxygen atoms in total. The Labute approximate surface area is 186 Å². The fraction of sp³-hybridized carbons (Fsp3) is 0.667. The summed E-state index contributed by atoms with van der Waals surface area (Å²) in [6, 6.07) is 8.76. The van der Waals surface area contributed by atoms with Gasteiger partial charge in [0.2, 0.25) is 0 Å². The van der Waals surface area contributed by atoms with Gasteiger partial charge in [-0.2, -0.15) is 0 Å². The SMILES string of the molecule is CCCc1ccc(C#CC=C[C@H]2CC[C@H](CC[C@H]3CC[C@H](CCC)CC3)CC2)cc1. The van der Waals surface area contributed by atoms with E-state index in [1.807, 2.05) is 0 Å². The highest BCUT2D eigenvalue weighted by Crippen LogP contribution is 2.37. The van der Waals surface area contributed by atoms with Crippen molar-refractivity contribution in [3.63, 3.8) is 0 Å². The van der Waals surface area contributed by atoms with Crippen LogP contribution in [0.5, 0.6) is 0 Å². The van der Waals surface area contributed by atoms with Crippen molar-refractivity contribution in [2.24, 2.45) is 23.7 Å². The highest BCUT2D eigenvalue weighted by Gasteiger charge is 2.23. The van der Waals surface area contributed by atoms with Gasteiger partial charge in [0.1, 0.15) is 0 Å². The van der Waals surface area contributed by atoms with Crippen LogP contribution in [0.1, 0.15) is 108 Å². The lowest BCUT2D eigenvalue weighted by Crippen LogP contribution is -2.17. The van der Waals surface area contributed by atoms with Gasteiger partial charge in [0.15, 0.2) is 0 Å². The van der Waals surface area contributed by atoms with E-state index < -0.39 is 0 Å². The molecule has 1 aromatic rings. The van der Waals surface area contributed by atoms with Gasteiger partial charge in [-0.05, 0) is 79.5 Å². The predicted octanol–water partition coefficient (Wildman–Crippen LogP) is 8.74. The molecule has 0 N–H and O–H groups in total. The zero-order valence-corrected chi connectivity index (χ0v) is 19.7. The van der Waals surface area contributed by atoms with Gasteiger partial charge in [0.25, 0.3) is 0 Å². The molecule has 0 unspecified atom stereocenters. The second-order valence-corrected chi connectivity index (χ2v) is 10.1. The summed E-state index contributed by atoms with van der Waals surface area (Å²) in [4.78, 5) is 0. The van der Waals surface area contributed by atoms with E-state index in [-0.39, 0.29) is 0 Å². The first kappa shape index (κ1) is 23.2. The molecular formula is C30H44. The van der Waals surface area contributed by atoms with Crippen LogP contribution in [-0.2, 0) is 6.42 Å². The molecule has 0 heteroatoms. The fourth-order valence-corrected chi connectivity index (χ4v) is 5.71. The zero-order valence-electron chi connectivity index (χ0n) is 19.7. The highest BCUT2D eigenvalue weighted by molar-refractivity contribution is 5.38. The van der Waals surface area contributed by atoms with Gasteiger partial charge >= 0.3 is 0 Å². The molecule has 0 atom stereocenters. The van der Waals surface area contributed by atoms with Crippen LogP contribution in [0.4, 0.5) is 0 Å². The summed E-state index contributed by atoms with van der Waals surface area (Å²) in [6.07, 6.45) is 24.4. The van der Waals surface area contributed by atoms with Gasteiger partial charge in [-0.15, -0.1) is 0 Å². The molecule has 3 rings (SSSR count). The maximum absolute atomic E-state index is 3.29. The van der Waals surface area contributed by atoms with Crippen molar-refractivity contribution >= 4 is 0 Å². The normalized spacial score (nSPS) is 27.0. The number of aryl methyl sites for hydroxylation is 1. The van der Waals surface area contributed by atoms with Gasteiger partial charge in [-0.25, -0.2) is 0 Å². The second kappa shape index (κ2) is 13.0. The summed E-state index contributed by atoms with van der Waals surface area (Å²) >= 11 is 0. The minimum atomic E-state index is 0.756. The van der Waals surface area contributed by atoms with E-state index in [0.717, 1.165) is 35.7 Å². The third-order valence-corrected chi connectivity index (χ3v) is 7.70. The topological polar surface area (TPSA) is 0 Å². The van der Waals surface area contributed by atoms with E-state index in [4.69, 9.17) is 0 Å². The first-order valence-corrected chi connectivity index (χ1v) is 13.0. The Morgan fingerprint density at radius 3 is 1.87 bits per heavy atom. The van der Waals surface area contributed by atoms with Crippen molar-refractivity contribution < 1.29 is 0 Å². The molecule has 0 aromatic heterocycles. The van der Waals surface area contributed by atoms with Crippen molar-refractivity contribution in [2.75, 3.05) is 0 Å². The minimum absolute atomic E-state index is 0.756. The van der Waals surface area contributed by atoms with E-state index >= 15 is 0 Å². The van der Waals surface area contributed by atoms with Crippen LogP contribution < -0.4 is 0 Å². The van der Waals surface area contributed by atoms with Crippen molar-refractivity contribution in [1.29, 1.82) is 0 Å². The predicted molar refractivity (Wildman–Crippen MR) is 131 cm³/mol. The van der Waals surface area contributed by atoms with Gasteiger partial charge in [0.05, 0.1) is 0 Å². The number of hydrogen-bond donors (Lipinski definition) is 0. The Bertz CT molecular complexity index is 667. The van der Waals surface area contributed by atoms with E-state index in [1.54, 1.807) is 0 Å². The number of allylic oxidation sites excluding steroid dienone is 2. The quantitative estimate of drug-likeness (QED) is 0.380. The Hall–Kier alpha value is -1.48. The van der Waals surface area contributed by atoms with E-state index in [9.17, 15) is 0 Å². The first-order valence-electron chi connectivity index (χ1n) is 13.0. The molecule has 0 radical (unpaired) electrons. The van der Waals surface area contributed by atoms with Crippen molar-refractivity contribution in [1.82, 2.24) is 0 Å². The lowest BCUT2D eigenvalue weighted by molar-refractivity contribution is 0.221. The van der Waals surface area contributed by atoms with Crippen LogP contribution in [0.15, 0.2) is 36.4 Å². The molecule has 0 saturated heterocycles. The number of hydrogen-bond acceptors (Lipinski definition) is 0. The maximum Gasteiger partial charge on any atom is 0.0249 e. The molecule has 164 valence electrons. The van der Waals surface area contributed by atoms with E-state index in [2.05, 4.69) is 62.1 Å². The fourth-order valence-electron chi connectivity index (χ4n) is 5.71. The van der Waals surface area contributed by atoms with Gasteiger partial charge < -0.3 is 0 Å². The molecule has 0 amide bonds. The van der Waals surface area contributed by atoms with E-state index in [0.29, 0.717) is 0 Å². The third-order valence-electron chi connectivity index (χ3n) is 7.70. The Kier molecular flexibility index (Phi) is 10.1. The first-order chi connectivity index (χ1) is 14.8. The molecular weight excluding hydrogens is 360 g/mol. The highest BCUT2D eigenvalue weighted by atomic mass is 14.3. The van der Waals surface area contributed by atoms with Gasteiger partial charge in [0, 0.05) is 5.56 Å². The summed E-state index contributed by atoms with van der Waals surface area (Å²) in [6.45, 7) is 4.57. The molecule has 2 saturated carbocycles. The summed E-state index contributed by atoms with van der Waals surface area (Å²) in [7, 11) is 0. The van der Waals surface area contributed by atoms with E-state index in [1.165, 1.54) is 89.0 Å². The van der Waals surface area contributed by atoms with Gasteiger partial charge in [-0.1, -0.05) is 102 Å². The van der Waals surface area contributed by atoms with Crippen molar-refractivity contribution in [2.45, 2.75) is 104 Å². The molecule has 2 aliphatic rings. The molecule has 2 fully saturated rings. The zero-order chi connectivity index (χ0) is 21.0. The average molecular weight is 405 g/mol. The molecule has 2 aliphatic carbocycles. The van der Waals surface area contributed by atoms with Crippen LogP contribution in [0.2, 0.25) is 0 Å². The van der Waals surface area contributed by atoms with Crippen LogP contribution in [0, 0.1) is 35.5 Å². The van der Waals surface area contributed by atoms with Crippen molar-refractivity contribution in [3.8, 4) is 11.8 Å². The second-order valence-electron chi connectivity index (χ2n) is 10.1. The lowest BCUT2D eigenvalue weighted by Gasteiger charge is -2.31. The standard InChI is InChI=1S/C30H44/c1-3-7-25-11-15-27(16-12-25)9-5-6-10-28-17-21-30(22-18-28)24-23-29-19-13-26(8-4-2)14-20-29/h6,10-12,15-16,26,28-30H,3-4,7-8,13-14,17-24H2,1-2H3/t26-,28-,29-,30-. The van der Waals surface area contributed by atoms with Crippen LogP contribution >= 0.6 is 0 Å². The Morgan fingerprint density at radius 1 is 0.733 bits per heavy atom. The number of benzene rings is 1. The molecule has 0 spiro atoms. The van der Waals surface area contributed by atoms with Crippen LogP contribution in [0.25, 0.3) is 0 Å². The summed E-state index contributed by atoms with van der Waals surface area (Å²) in [5.74, 6) is 10.4. The summed E-state index contributed by atoms with van der Waals surface area (Å²) in [5.41, 5.74) is 2.55. The van der Waals surface area contributed by atoms with Crippen LogP contribution in [0.3, 0.4) is 0 Å². The smallest absolute Gasteiger partial charge is 0.0249 e. The molecule has 0 bridgehead atoms. The van der Waals surface area contributed by atoms with Gasteiger partial charge in [-0.3, -0.25) is 0 Å². The lowest BCUT2D eigenvalue weighted by atomic mass is 9.75. The monoisotopic (exact) mass is 404 g/mol. The Balaban J connectivity index is 1.31. The minimum Gasteiger partial charge on any atom is -0.0730 e. The molecule has 1 aromatic carbocycles. The largest absolute Gasteiger partial charge is 0.0730 e. The molecule has 0 heterocycles.